The Balaban J connectivity index is 4.30. The van der Waals surface area contributed by atoms with Crippen LogP contribution in [0.25, 0.3) is 0 Å². The maximum absolute atomic E-state index is 11.5. The summed E-state index contributed by atoms with van der Waals surface area (Å²) in [5, 5.41) is 0. The molecule has 0 aromatic heterocycles. The second-order valence-electron chi connectivity index (χ2n) is 3.31. The number of allylic oxidation sites excluding steroid dienone is 2. The minimum absolute atomic E-state index is 0.0622. The summed E-state index contributed by atoms with van der Waals surface area (Å²) in [4.78, 5) is 13.3. The number of carbonyl (C=O) groups excluding carboxylic acids is 1. The highest BCUT2D eigenvalue weighted by Crippen LogP contribution is 1.94. The van der Waals surface area contributed by atoms with Gasteiger partial charge in [-0.05, 0) is 44.9 Å². The summed E-state index contributed by atoms with van der Waals surface area (Å²) in [6, 6.07) is 0. The zero-order chi connectivity index (χ0) is 11.7. The first kappa shape index (κ1) is 13.7. The van der Waals surface area contributed by atoms with Crippen molar-refractivity contribution in [1.82, 2.24) is 4.90 Å². The van der Waals surface area contributed by atoms with Crippen molar-refractivity contribution < 1.29 is 4.79 Å². The van der Waals surface area contributed by atoms with Gasteiger partial charge >= 0.3 is 0 Å². The minimum atomic E-state index is 0.0622. The van der Waals surface area contributed by atoms with Gasteiger partial charge in [0.1, 0.15) is 0 Å². The fraction of sp³-hybridized carbons (Fsp3) is 0.538. The summed E-state index contributed by atoms with van der Waals surface area (Å²) < 4.78 is 0. The predicted molar refractivity (Wildman–Crippen MR) is 64.6 cm³/mol. The molecular formula is C13H21NO. The molecule has 0 N–H and O–H groups in total. The summed E-state index contributed by atoms with van der Waals surface area (Å²) >= 11 is 0. The summed E-state index contributed by atoms with van der Waals surface area (Å²) in [6.45, 7) is 9.58. The van der Waals surface area contributed by atoms with Crippen LogP contribution in [0.5, 0.6) is 0 Å². The van der Waals surface area contributed by atoms with Crippen molar-refractivity contribution in [3.63, 3.8) is 0 Å². The molecule has 0 atom stereocenters. The number of amides is 1. The highest BCUT2D eigenvalue weighted by molar-refractivity contribution is 5.87. The zero-order valence-electron chi connectivity index (χ0n) is 10.2. The van der Waals surface area contributed by atoms with E-state index in [4.69, 9.17) is 0 Å². The van der Waals surface area contributed by atoms with Gasteiger partial charge in [-0.15, -0.1) is 5.73 Å². The molecule has 1 amide bonds. The van der Waals surface area contributed by atoms with Crippen LogP contribution in [-0.4, -0.2) is 23.9 Å². The van der Waals surface area contributed by atoms with E-state index in [9.17, 15) is 4.79 Å². The Morgan fingerprint density at radius 3 is 2.33 bits per heavy atom. The molecule has 0 heterocycles. The Bertz CT molecular complexity index is 279. The Morgan fingerprint density at radius 1 is 1.27 bits per heavy atom. The molecule has 0 aromatic carbocycles. The number of likely N-dealkylation sites (N-methyl/N-ethyl adjacent to an activating group) is 1. The van der Waals surface area contributed by atoms with Crippen molar-refractivity contribution in [3.8, 4) is 0 Å². The van der Waals surface area contributed by atoms with E-state index in [0.29, 0.717) is 0 Å². The molecule has 15 heavy (non-hydrogen) atoms. The molecule has 0 radical (unpaired) electrons. The molecule has 0 bridgehead atoms. The van der Waals surface area contributed by atoms with E-state index >= 15 is 0 Å². The van der Waals surface area contributed by atoms with Gasteiger partial charge in [-0.3, -0.25) is 4.79 Å². The van der Waals surface area contributed by atoms with Crippen LogP contribution in [0.15, 0.2) is 29.5 Å². The molecule has 0 aliphatic carbocycles. The van der Waals surface area contributed by atoms with Crippen LogP contribution in [0.3, 0.4) is 0 Å². The number of rotatable bonds is 5. The summed E-state index contributed by atoms with van der Waals surface area (Å²) in [7, 11) is 0. The molecule has 0 aromatic rings. The van der Waals surface area contributed by atoms with Crippen LogP contribution in [0.1, 0.15) is 34.1 Å². The van der Waals surface area contributed by atoms with Crippen LogP contribution in [0, 0.1) is 0 Å². The Hall–Kier alpha value is -1.27. The molecule has 0 spiro atoms. The van der Waals surface area contributed by atoms with Crippen LogP contribution in [0.2, 0.25) is 0 Å². The molecule has 0 aliphatic rings. The van der Waals surface area contributed by atoms with E-state index < -0.39 is 0 Å². The standard InChI is InChI=1S/C13H21NO/c1-5-12(4)10-8-9-11-13(15)14(6-2)7-3/h8-9,11H,5-7H2,1-4H3. The average molecular weight is 207 g/mol. The van der Waals surface area contributed by atoms with Crippen molar-refractivity contribution in [2.75, 3.05) is 13.1 Å². The molecule has 0 aliphatic heterocycles. The Labute approximate surface area is 93.0 Å². The number of hydrogen-bond acceptors (Lipinski definition) is 1. The van der Waals surface area contributed by atoms with Gasteiger partial charge in [0, 0.05) is 19.2 Å². The lowest BCUT2D eigenvalue weighted by Gasteiger charge is -2.15. The topological polar surface area (TPSA) is 20.3 Å². The van der Waals surface area contributed by atoms with Crippen molar-refractivity contribution in [2.24, 2.45) is 0 Å². The molecule has 0 fully saturated rings. The van der Waals surface area contributed by atoms with Crippen molar-refractivity contribution >= 4 is 5.91 Å². The Morgan fingerprint density at radius 2 is 1.87 bits per heavy atom. The number of nitrogens with zero attached hydrogens (tertiary/aromatic N) is 1. The minimum Gasteiger partial charge on any atom is -0.340 e. The number of carbonyl (C=O) groups is 1. The van der Waals surface area contributed by atoms with E-state index in [0.717, 1.165) is 19.5 Å². The van der Waals surface area contributed by atoms with E-state index in [1.807, 2.05) is 20.8 Å². The molecule has 2 heteroatoms. The fourth-order valence-electron chi connectivity index (χ4n) is 1.06. The monoisotopic (exact) mass is 207 g/mol. The first-order valence-corrected chi connectivity index (χ1v) is 5.53. The maximum atomic E-state index is 11.5. The van der Waals surface area contributed by atoms with Crippen LogP contribution >= 0.6 is 0 Å². The van der Waals surface area contributed by atoms with Crippen LogP contribution in [0.4, 0.5) is 0 Å². The van der Waals surface area contributed by atoms with Crippen molar-refractivity contribution in [1.29, 1.82) is 0 Å². The highest BCUT2D eigenvalue weighted by Gasteiger charge is 2.02. The third-order valence-electron chi connectivity index (χ3n) is 2.27. The second-order valence-corrected chi connectivity index (χ2v) is 3.31. The predicted octanol–water partition coefficient (Wildman–Crippen LogP) is 2.92. The van der Waals surface area contributed by atoms with Gasteiger partial charge in [-0.1, -0.05) is 6.92 Å². The third kappa shape index (κ3) is 5.92. The SMILES string of the molecule is CCC(C)=C=CC=CC(=O)N(CC)CC. The van der Waals surface area contributed by atoms with Gasteiger partial charge in [-0.25, -0.2) is 0 Å². The molecule has 84 valence electrons. The largest absolute Gasteiger partial charge is 0.340 e. The number of hydrogen-bond donors (Lipinski definition) is 0. The van der Waals surface area contributed by atoms with Crippen LogP contribution in [-0.2, 0) is 4.79 Å². The van der Waals surface area contributed by atoms with Gasteiger partial charge in [-0.2, -0.15) is 0 Å². The summed E-state index contributed by atoms with van der Waals surface area (Å²) in [5.41, 5.74) is 4.29. The van der Waals surface area contributed by atoms with E-state index in [-0.39, 0.29) is 5.91 Å². The van der Waals surface area contributed by atoms with E-state index in [2.05, 4.69) is 12.7 Å². The fourth-order valence-corrected chi connectivity index (χ4v) is 1.06. The maximum Gasteiger partial charge on any atom is 0.246 e. The summed E-state index contributed by atoms with van der Waals surface area (Å²) in [5.74, 6) is 0.0622. The molecule has 2 nitrogen and oxygen atoms in total. The molecule has 0 saturated heterocycles. The average Bonchev–Trinajstić information content (AvgIpc) is 2.25. The van der Waals surface area contributed by atoms with Gasteiger partial charge in [0.15, 0.2) is 0 Å². The van der Waals surface area contributed by atoms with E-state index in [1.165, 1.54) is 5.57 Å². The van der Waals surface area contributed by atoms with Crippen molar-refractivity contribution in [3.05, 3.63) is 29.5 Å². The first-order chi connectivity index (χ1) is 7.15. The molecule has 0 rings (SSSR count). The highest BCUT2D eigenvalue weighted by atomic mass is 16.2. The quantitative estimate of drug-likeness (QED) is 0.385. The van der Waals surface area contributed by atoms with Gasteiger partial charge in [0.2, 0.25) is 5.91 Å². The normalized spacial score (nSPS) is 9.87. The van der Waals surface area contributed by atoms with Gasteiger partial charge < -0.3 is 4.90 Å². The molecule has 0 saturated carbocycles. The second kappa shape index (κ2) is 8.07. The third-order valence-corrected chi connectivity index (χ3v) is 2.27. The lowest BCUT2D eigenvalue weighted by molar-refractivity contribution is -0.125. The molecule has 0 unspecified atom stereocenters. The smallest absolute Gasteiger partial charge is 0.246 e. The lowest BCUT2D eigenvalue weighted by atomic mass is 10.2. The lowest BCUT2D eigenvalue weighted by Crippen LogP contribution is -2.28. The first-order valence-electron chi connectivity index (χ1n) is 5.53. The summed E-state index contributed by atoms with van der Waals surface area (Å²) in [6.07, 6.45) is 6.12. The zero-order valence-corrected chi connectivity index (χ0v) is 10.2. The Kier molecular flexibility index (Phi) is 7.39. The van der Waals surface area contributed by atoms with Crippen LogP contribution < -0.4 is 0 Å². The van der Waals surface area contributed by atoms with Crippen molar-refractivity contribution in [2.45, 2.75) is 34.1 Å². The van der Waals surface area contributed by atoms with Gasteiger partial charge in [0.25, 0.3) is 0 Å². The van der Waals surface area contributed by atoms with E-state index in [1.54, 1.807) is 23.1 Å². The molecular weight excluding hydrogens is 186 g/mol. The van der Waals surface area contributed by atoms with Gasteiger partial charge in [0.05, 0.1) is 0 Å².